The Morgan fingerprint density at radius 1 is 1.08 bits per heavy atom. The molecule has 0 fully saturated rings. The fourth-order valence-corrected chi connectivity index (χ4v) is 2.53. The lowest BCUT2D eigenvalue weighted by Gasteiger charge is -2.25. The second kappa shape index (κ2) is 7.47. The van der Waals surface area contributed by atoms with Gasteiger partial charge < -0.3 is 10.1 Å². The summed E-state index contributed by atoms with van der Waals surface area (Å²) in [6.07, 6.45) is 3.71. The molecule has 1 N–H and O–H groups in total. The first-order valence-corrected chi connectivity index (χ1v) is 8.52. The van der Waals surface area contributed by atoms with Crippen molar-refractivity contribution >= 4 is 23.0 Å². The van der Waals surface area contributed by atoms with Crippen molar-refractivity contribution < 1.29 is 9.53 Å². The summed E-state index contributed by atoms with van der Waals surface area (Å²) in [4.78, 5) is 25.5. The Morgan fingerprint density at radius 3 is 2.54 bits per heavy atom. The largest absolute Gasteiger partial charge is 0.458 e. The topological polar surface area (TPSA) is 77.0 Å². The van der Waals surface area contributed by atoms with Gasteiger partial charge in [0.25, 0.3) is 0 Å². The number of fused-ring (bicyclic) bond motifs is 1. The Hall–Kier alpha value is -3.02. The zero-order chi connectivity index (χ0) is 18.6. The maximum atomic E-state index is 12.7. The van der Waals surface area contributed by atoms with Gasteiger partial charge >= 0.3 is 5.97 Å². The van der Waals surface area contributed by atoms with E-state index in [0.29, 0.717) is 23.4 Å². The predicted octanol–water partition coefficient (Wildman–Crippen LogP) is 3.39. The van der Waals surface area contributed by atoms with E-state index in [9.17, 15) is 4.79 Å². The van der Waals surface area contributed by atoms with Gasteiger partial charge in [0.2, 0.25) is 0 Å². The van der Waals surface area contributed by atoms with Crippen molar-refractivity contribution in [1.29, 1.82) is 0 Å². The Balaban J connectivity index is 1.84. The van der Waals surface area contributed by atoms with E-state index in [-0.39, 0.29) is 5.97 Å². The van der Waals surface area contributed by atoms with Gasteiger partial charge in [0.1, 0.15) is 23.0 Å². The highest BCUT2D eigenvalue weighted by Crippen LogP contribution is 2.16. The highest BCUT2D eigenvalue weighted by molar-refractivity contribution is 5.80. The third kappa shape index (κ3) is 4.75. The molecule has 2 aromatic heterocycles. The predicted molar refractivity (Wildman–Crippen MR) is 101 cm³/mol. The summed E-state index contributed by atoms with van der Waals surface area (Å²) in [6.45, 7) is 5.57. The van der Waals surface area contributed by atoms with Crippen LogP contribution in [0, 0.1) is 0 Å². The average molecular weight is 350 g/mol. The molecule has 1 aromatic carbocycles. The third-order valence-corrected chi connectivity index (χ3v) is 3.63. The zero-order valence-electron chi connectivity index (χ0n) is 15.1. The number of aromatic nitrogens is 3. The van der Waals surface area contributed by atoms with Crippen molar-refractivity contribution in [3.05, 3.63) is 60.4 Å². The number of carbonyl (C=O) groups excluding carboxylic acids is 1. The van der Waals surface area contributed by atoms with E-state index in [1.165, 1.54) is 0 Å². The number of nitrogens with zero attached hydrogens (tertiary/aromatic N) is 3. The number of rotatable bonds is 5. The first kappa shape index (κ1) is 17.8. The minimum absolute atomic E-state index is 0.317. The molecule has 0 aliphatic heterocycles. The molecule has 6 nitrogen and oxygen atoms in total. The van der Waals surface area contributed by atoms with Gasteiger partial charge in [-0.05, 0) is 38.5 Å². The fourth-order valence-electron chi connectivity index (χ4n) is 2.53. The summed E-state index contributed by atoms with van der Waals surface area (Å²) in [5, 5.41) is 3.19. The minimum atomic E-state index is -0.560. The SMILES string of the molecule is CC(C)(C)OC(=O)[C@@H](Cc1ccccc1)Nc1ccc2nccnc2n1. The second-order valence-corrected chi connectivity index (χ2v) is 7.02. The highest BCUT2D eigenvalue weighted by atomic mass is 16.6. The Morgan fingerprint density at radius 2 is 1.81 bits per heavy atom. The van der Waals surface area contributed by atoms with E-state index in [1.54, 1.807) is 18.5 Å². The molecule has 0 aliphatic rings. The molecule has 0 spiro atoms. The summed E-state index contributed by atoms with van der Waals surface area (Å²) < 4.78 is 5.57. The normalized spacial score (nSPS) is 12.6. The number of esters is 1. The molecule has 0 saturated heterocycles. The van der Waals surface area contributed by atoms with Gasteiger partial charge in [-0.1, -0.05) is 30.3 Å². The van der Waals surface area contributed by atoms with E-state index in [2.05, 4.69) is 20.3 Å². The standard InChI is InChI=1S/C20H22N4O2/c1-20(2,3)26-19(25)16(13-14-7-5-4-6-8-14)23-17-10-9-15-18(24-17)22-12-11-21-15/h4-12,16H,13H2,1-3H3,(H,22,23,24)/t16-/m1/s1. The molecule has 26 heavy (non-hydrogen) atoms. The van der Waals surface area contributed by atoms with Crippen LogP contribution in [0.5, 0.6) is 0 Å². The van der Waals surface area contributed by atoms with E-state index in [1.807, 2.05) is 57.2 Å². The van der Waals surface area contributed by atoms with Crippen LogP contribution in [-0.4, -0.2) is 32.6 Å². The molecule has 0 bridgehead atoms. The van der Waals surface area contributed by atoms with Crippen LogP contribution >= 0.6 is 0 Å². The first-order chi connectivity index (χ1) is 12.4. The third-order valence-electron chi connectivity index (χ3n) is 3.63. The van der Waals surface area contributed by atoms with Crippen molar-refractivity contribution in [3.63, 3.8) is 0 Å². The zero-order valence-corrected chi connectivity index (χ0v) is 15.1. The summed E-state index contributed by atoms with van der Waals surface area (Å²) in [5.74, 6) is 0.243. The molecule has 3 aromatic rings. The molecule has 1 atom stereocenters. The number of benzene rings is 1. The van der Waals surface area contributed by atoms with Gasteiger partial charge in [-0.15, -0.1) is 0 Å². The van der Waals surface area contributed by atoms with E-state index in [0.717, 1.165) is 5.56 Å². The van der Waals surface area contributed by atoms with Crippen molar-refractivity contribution in [2.45, 2.75) is 38.8 Å². The first-order valence-electron chi connectivity index (χ1n) is 8.52. The summed E-state index contributed by atoms with van der Waals surface area (Å²) in [6, 6.07) is 12.9. The van der Waals surface area contributed by atoms with Crippen molar-refractivity contribution in [2.75, 3.05) is 5.32 Å². The molecule has 2 heterocycles. The molecular weight excluding hydrogens is 328 g/mol. The van der Waals surface area contributed by atoms with E-state index in [4.69, 9.17) is 4.74 Å². The lowest BCUT2D eigenvalue weighted by atomic mass is 10.1. The number of carbonyl (C=O) groups is 1. The van der Waals surface area contributed by atoms with Crippen LogP contribution in [0.4, 0.5) is 5.82 Å². The molecule has 6 heteroatoms. The van der Waals surface area contributed by atoms with Crippen molar-refractivity contribution in [3.8, 4) is 0 Å². The van der Waals surface area contributed by atoms with Crippen LogP contribution in [0.2, 0.25) is 0 Å². The summed E-state index contributed by atoms with van der Waals surface area (Å²) >= 11 is 0. The summed E-state index contributed by atoms with van der Waals surface area (Å²) in [7, 11) is 0. The average Bonchev–Trinajstić information content (AvgIpc) is 2.60. The van der Waals surface area contributed by atoms with Crippen molar-refractivity contribution in [1.82, 2.24) is 15.0 Å². The maximum absolute atomic E-state index is 12.7. The van der Waals surface area contributed by atoms with Gasteiger partial charge in [0.05, 0.1) is 0 Å². The monoisotopic (exact) mass is 350 g/mol. The maximum Gasteiger partial charge on any atom is 0.329 e. The van der Waals surface area contributed by atoms with E-state index < -0.39 is 11.6 Å². The Bertz CT molecular complexity index is 891. The number of pyridine rings is 1. The Labute approximate surface area is 152 Å². The van der Waals surface area contributed by atoms with Crippen LogP contribution in [0.15, 0.2) is 54.9 Å². The molecule has 0 unspecified atom stereocenters. The van der Waals surface area contributed by atoms with Gasteiger partial charge in [-0.3, -0.25) is 4.98 Å². The van der Waals surface area contributed by atoms with Crippen LogP contribution in [0.25, 0.3) is 11.2 Å². The molecule has 0 saturated carbocycles. The van der Waals surface area contributed by atoms with Crippen LogP contribution < -0.4 is 5.32 Å². The van der Waals surface area contributed by atoms with Crippen LogP contribution in [-0.2, 0) is 16.0 Å². The van der Waals surface area contributed by atoms with Crippen LogP contribution in [0.3, 0.4) is 0 Å². The fraction of sp³-hybridized carbons (Fsp3) is 0.300. The smallest absolute Gasteiger partial charge is 0.329 e. The molecular formula is C20H22N4O2. The minimum Gasteiger partial charge on any atom is -0.458 e. The van der Waals surface area contributed by atoms with Gasteiger partial charge in [0, 0.05) is 18.8 Å². The number of hydrogen-bond donors (Lipinski definition) is 1. The van der Waals surface area contributed by atoms with Gasteiger partial charge in [-0.25, -0.2) is 14.8 Å². The quantitative estimate of drug-likeness (QED) is 0.711. The molecule has 0 aliphatic carbocycles. The lowest BCUT2D eigenvalue weighted by molar-refractivity contribution is -0.155. The number of ether oxygens (including phenoxy) is 1. The Kier molecular flexibility index (Phi) is 5.11. The number of hydrogen-bond acceptors (Lipinski definition) is 6. The lowest BCUT2D eigenvalue weighted by Crippen LogP contribution is -2.38. The van der Waals surface area contributed by atoms with Gasteiger partial charge in [-0.2, -0.15) is 0 Å². The van der Waals surface area contributed by atoms with Crippen molar-refractivity contribution in [2.24, 2.45) is 0 Å². The number of nitrogens with one attached hydrogen (secondary N) is 1. The molecule has 0 radical (unpaired) electrons. The van der Waals surface area contributed by atoms with E-state index >= 15 is 0 Å². The molecule has 0 amide bonds. The summed E-state index contributed by atoms with van der Waals surface area (Å²) in [5.41, 5.74) is 1.71. The highest BCUT2D eigenvalue weighted by Gasteiger charge is 2.26. The van der Waals surface area contributed by atoms with Crippen LogP contribution in [0.1, 0.15) is 26.3 Å². The molecule has 134 valence electrons. The molecule has 3 rings (SSSR count). The number of anilines is 1. The second-order valence-electron chi connectivity index (χ2n) is 7.02. The van der Waals surface area contributed by atoms with Gasteiger partial charge in [0.15, 0.2) is 5.65 Å².